The van der Waals surface area contributed by atoms with Gasteiger partial charge in [-0.15, -0.1) is 0 Å². The molecule has 0 saturated carbocycles. The average Bonchev–Trinajstić information content (AvgIpc) is 3.14. The van der Waals surface area contributed by atoms with E-state index in [2.05, 4.69) is 10.1 Å². The van der Waals surface area contributed by atoms with Crippen molar-refractivity contribution < 1.29 is 14.1 Å². The van der Waals surface area contributed by atoms with Crippen LogP contribution in [-0.2, 0) is 6.54 Å². The Kier molecular flexibility index (Phi) is 5.47. The predicted octanol–water partition coefficient (Wildman–Crippen LogP) is 4.96. The molecule has 5 rings (SSSR count). The molecule has 2 fully saturated rings. The molecule has 0 bridgehead atoms. The summed E-state index contributed by atoms with van der Waals surface area (Å²) in [6.45, 7) is 7.45. The van der Waals surface area contributed by atoms with E-state index < -0.39 is 0 Å². The summed E-state index contributed by atoms with van der Waals surface area (Å²) < 4.78 is 11.2. The van der Waals surface area contributed by atoms with E-state index in [1.165, 1.54) is 5.56 Å². The highest BCUT2D eigenvalue weighted by atomic mass is 16.5. The molecule has 1 spiro atoms. The van der Waals surface area contributed by atoms with Crippen molar-refractivity contribution in [2.75, 3.05) is 19.6 Å². The van der Waals surface area contributed by atoms with Crippen LogP contribution in [0.2, 0.25) is 0 Å². The molecule has 1 aromatic heterocycles. The second-order valence-corrected chi connectivity index (χ2v) is 8.97. The van der Waals surface area contributed by atoms with Crippen molar-refractivity contribution in [3.8, 4) is 11.5 Å². The highest BCUT2D eigenvalue weighted by molar-refractivity contribution is 5.94. The number of hydrogen-bond donors (Lipinski definition) is 0. The first kappa shape index (κ1) is 20.8. The Labute approximate surface area is 188 Å². The van der Waals surface area contributed by atoms with Gasteiger partial charge in [0.2, 0.25) is 0 Å². The molecular formula is C26H29N3O3. The number of carbonyl (C=O) groups is 1. The highest BCUT2D eigenvalue weighted by Crippen LogP contribution is 2.40. The van der Waals surface area contributed by atoms with Gasteiger partial charge in [-0.3, -0.25) is 9.69 Å². The van der Waals surface area contributed by atoms with Gasteiger partial charge in [0, 0.05) is 42.8 Å². The van der Waals surface area contributed by atoms with E-state index in [0.717, 1.165) is 68.4 Å². The van der Waals surface area contributed by atoms with Crippen LogP contribution in [0.3, 0.4) is 0 Å². The maximum absolute atomic E-state index is 13.3. The maximum atomic E-state index is 13.3. The predicted molar refractivity (Wildman–Crippen MR) is 122 cm³/mol. The first-order chi connectivity index (χ1) is 15.5. The summed E-state index contributed by atoms with van der Waals surface area (Å²) in [5.74, 6) is 2.51. The first-order valence-corrected chi connectivity index (χ1v) is 11.3. The fraction of sp³-hybridized carbons (Fsp3) is 0.385. The second-order valence-electron chi connectivity index (χ2n) is 8.97. The zero-order valence-corrected chi connectivity index (χ0v) is 18.7. The van der Waals surface area contributed by atoms with Crippen molar-refractivity contribution in [2.45, 2.75) is 45.2 Å². The molecule has 166 valence electrons. The number of hydrogen-bond acceptors (Lipinski definition) is 5. The molecule has 3 aromatic rings. The van der Waals surface area contributed by atoms with E-state index in [9.17, 15) is 4.79 Å². The number of rotatable bonds is 5. The largest absolute Gasteiger partial charge is 0.457 e. The minimum Gasteiger partial charge on any atom is -0.457 e. The van der Waals surface area contributed by atoms with Crippen molar-refractivity contribution in [1.29, 1.82) is 0 Å². The maximum Gasteiger partial charge on any atom is 0.253 e. The van der Waals surface area contributed by atoms with E-state index >= 15 is 0 Å². The third kappa shape index (κ3) is 3.91. The van der Waals surface area contributed by atoms with Gasteiger partial charge in [-0.25, -0.2) is 0 Å². The molecular weight excluding hydrogens is 402 g/mol. The molecule has 0 radical (unpaired) electrons. The van der Waals surface area contributed by atoms with Crippen LogP contribution >= 0.6 is 0 Å². The van der Waals surface area contributed by atoms with Gasteiger partial charge >= 0.3 is 0 Å². The summed E-state index contributed by atoms with van der Waals surface area (Å²) in [5, 5.41) is 4.10. The summed E-state index contributed by atoms with van der Waals surface area (Å²) in [7, 11) is 0. The van der Waals surface area contributed by atoms with Crippen molar-refractivity contribution in [2.24, 2.45) is 0 Å². The topological polar surface area (TPSA) is 58.8 Å². The lowest BCUT2D eigenvalue weighted by atomic mass is 9.77. The van der Waals surface area contributed by atoms with Crippen LogP contribution in [0.1, 0.15) is 46.6 Å². The Hall–Kier alpha value is -3.12. The zero-order chi connectivity index (χ0) is 22.1. The number of benzene rings is 2. The Morgan fingerprint density at radius 3 is 2.44 bits per heavy atom. The summed E-state index contributed by atoms with van der Waals surface area (Å²) in [6, 6.07) is 17.1. The van der Waals surface area contributed by atoms with Crippen molar-refractivity contribution in [3.05, 3.63) is 77.2 Å². The summed E-state index contributed by atoms with van der Waals surface area (Å²) in [6.07, 6.45) is 3.28. The number of amides is 1. The molecule has 2 aromatic carbocycles. The molecule has 2 aliphatic heterocycles. The van der Waals surface area contributed by atoms with Gasteiger partial charge < -0.3 is 14.2 Å². The van der Waals surface area contributed by atoms with Gasteiger partial charge in [0.05, 0.1) is 5.69 Å². The second kappa shape index (κ2) is 8.43. The molecule has 1 atom stereocenters. The van der Waals surface area contributed by atoms with E-state index in [1.807, 2.05) is 73.3 Å². The van der Waals surface area contributed by atoms with Gasteiger partial charge in [-0.1, -0.05) is 23.4 Å². The Morgan fingerprint density at radius 1 is 1.03 bits per heavy atom. The van der Waals surface area contributed by atoms with Crippen LogP contribution in [0.4, 0.5) is 0 Å². The number of ether oxygens (including phenoxy) is 1. The van der Waals surface area contributed by atoms with E-state index in [0.29, 0.717) is 5.56 Å². The highest BCUT2D eigenvalue weighted by Gasteiger charge is 2.48. The van der Waals surface area contributed by atoms with Gasteiger partial charge in [0.1, 0.15) is 17.3 Å². The van der Waals surface area contributed by atoms with Crippen LogP contribution in [0, 0.1) is 13.8 Å². The Morgan fingerprint density at radius 2 is 1.78 bits per heavy atom. The monoisotopic (exact) mass is 431 g/mol. The van der Waals surface area contributed by atoms with Crippen LogP contribution in [0.5, 0.6) is 11.5 Å². The molecule has 6 nitrogen and oxygen atoms in total. The van der Waals surface area contributed by atoms with Crippen LogP contribution in [0.15, 0.2) is 59.1 Å². The number of aryl methyl sites for hydroxylation is 2. The average molecular weight is 432 g/mol. The quantitative estimate of drug-likeness (QED) is 0.571. The summed E-state index contributed by atoms with van der Waals surface area (Å²) in [4.78, 5) is 17.8. The normalized spacial score (nSPS) is 20.9. The lowest BCUT2D eigenvalue weighted by Gasteiger charge is -2.57. The van der Waals surface area contributed by atoms with E-state index in [-0.39, 0.29) is 11.4 Å². The molecule has 0 N–H and O–H groups in total. The Balaban J connectivity index is 1.25. The smallest absolute Gasteiger partial charge is 0.253 e. The number of nitrogens with zero attached hydrogens (tertiary/aromatic N) is 3. The minimum atomic E-state index is 0.0699. The lowest BCUT2D eigenvalue weighted by Crippen LogP contribution is -2.67. The molecule has 2 saturated heterocycles. The van der Waals surface area contributed by atoms with Gasteiger partial charge in [0.25, 0.3) is 5.91 Å². The number of piperidine rings is 1. The van der Waals surface area contributed by atoms with Crippen LogP contribution < -0.4 is 4.74 Å². The van der Waals surface area contributed by atoms with Gasteiger partial charge in [0.15, 0.2) is 0 Å². The number of aromatic nitrogens is 1. The number of para-hydroxylation sites is 1. The first-order valence-electron chi connectivity index (χ1n) is 11.3. The van der Waals surface area contributed by atoms with E-state index in [1.54, 1.807) is 0 Å². The molecule has 32 heavy (non-hydrogen) atoms. The molecule has 2 aliphatic rings. The van der Waals surface area contributed by atoms with Crippen LogP contribution in [-0.4, -0.2) is 46.0 Å². The van der Waals surface area contributed by atoms with Crippen molar-refractivity contribution >= 4 is 5.91 Å². The number of likely N-dealkylation sites (tertiary alicyclic amines) is 2. The minimum absolute atomic E-state index is 0.0699. The molecule has 0 aliphatic carbocycles. The Bertz CT molecular complexity index is 1070. The third-order valence-corrected chi connectivity index (χ3v) is 6.97. The molecule has 0 unspecified atom stereocenters. The molecule has 3 heterocycles. The number of carbonyl (C=O) groups excluding carboxylic acids is 1. The summed E-state index contributed by atoms with van der Waals surface area (Å²) >= 11 is 0. The van der Waals surface area contributed by atoms with E-state index in [4.69, 9.17) is 9.26 Å². The van der Waals surface area contributed by atoms with Crippen molar-refractivity contribution in [3.63, 3.8) is 0 Å². The zero-order valence-electron chi connectivity index (χ0n) is 18.7. The van der Waals surface area contributed by atoms with Gasteiger partial charge in [-0.05, 0) is 69.5 Å². The molecule has 6 heteroatoms. The van der Waals surface area contributed by atoms with Gasteiger partial charge in [-0.2, -0.15) is 0 Å². The SMILES string of the molecule is Cc1noc(C)c1CN1CC[C@]12CCCN(C(=O)c1ccc(Oc3ccccc3)cc1)C2. The standard InChI is InChI=1S/C26H29N3O3/c1-19-24(20(2)32-27-19)17-29-16-14-26(29)13-6-15-28(18-26)25(30)21-9-11-23(12-10-21)31-22-7-4-3-5-8-22/h3-5,7-12H,6,13-18H2,1-2H3/t26-/m0/s1. The third-order valence-electron chi connectivity index (χ3n) is 6.97. The lowest BCUT2D eigenvalue weighted by molar-refractivity contribution is -0.0651. The van der Waals surface area contributed by atoms with Crippen LogP contribution in [0.25, 0.3) is 0 Å². The van der Waals surface area contributed by atoms with Crippen molar-refractivity contribution in [1.82, 2.24) is 15.0 Å². The molecule has 1 amide bonds. The fourth-order valence-corrected chi connectivity index (χ4v) is 4.97. The fourth-order valence-electron chi connectivity index (χ4n) is 4.97. The summed E-state index contributed by atoms with van der Waals surface area (Å²) in [5.41, 5.74) is 2.92.